The monoisotopic (exact) mass is 296 g/mol. The van der Waals surface area contributed by atoms with E-state index in [0.29, 0.717) is 11.4 Å². The summed E-state index contributed by atoms with van der Waals surface area (Å²) in [6, 6.07) is 8.45. The first-order valence-electron chi connectivity index (χ1n) is 5.62. The summed E-state index contributed by atoms with van der Waals surface area (Å²) in [5.74, 6) is -0.269. The second-order valence-corrected chi connectivity index (χ2v) is 5.91. The first kappa shape index (κ1) is 13.9. The van der Waals surface area contributed by atoms with E-state index in [0.717, 1.165) is 4.88 Å². The summed E-state index contributed by atoms with van der Waals surface area (Å²) in [6.07, 6.45) is 0. The number of amides is 1. The van der Waals surface area contributed by atoms with Crippen LogP contribution < -0.4 is 11.1 Å². The number of thiophene rings is 1. The summed E-state index contributed by atoms with van der Waals surface area (Å²) in [6.45, 7) is 0.535. The number of carbonyl (C=O) groups is 1. The van der Waals surface area contributed by atoms with Gasteiger partial charge in [-0.15, -0.1) is 23.1 Å². The summed E-state index contributed by atoms with van der Waals surface area (Å²) in [5, 5.41) is 4.78. The van der Waals surface area contributed by atoms with Gasteiger partial charge in [0, 0.05) is 9.77 Å². The van der Waals surface area contributed by atoms with Crippen molar-refractivity contribution in [3.8, 4) is 0 Å². The lowest BCUT2D eigenvalue weighted by Gasteiger charge is -2.04. The van der Waals surface area contributed by atoms with Crippen molar-refractivity contribution in [2.75, 3.05) is 11.5 Å². The number of hydrogen-bond acceptors (Lipinski definition) is 4. The van der Waals surface area contributed by atoms with Crippen LogP contribution >= 0.6 is 23.1 Å². The highest BCUT2D eigenvalue weighted by molar-refractivity contribution is 8.00. The molecule has 0 saturated carbocycles. The fourth-order valence-corrected chi connectivity index (χ4v) is 2.79. The summed E-state index contributed by atoms with van der Waals surface area (Å²) in [4.78, 5) is 13.4. The lowest BCUT2D eigenvalue weighted by Crippen LogP contribution is -2.24. The Bertz CT molecular complexity index is 558. The summed E-state index contributed by atoms with van der Waals surface area (Å²) >= 11 is 2.88. The SMILES string of the molecule is Nc1ccc(SCC(=O)NCc2cccs2)cc1F. The summed E-state index contributed by atoms with van der Waals surface area (Å²) < 4.78 is 13.2. The Morgan fingerprint density at radius 3 is 2.95 bits per heavy atom. The van der Waals surface area contributed by atoms with Crippen LogP contribution in [0.25, 0.3) is 0 Å². The van der Waals surface area contributed by atoms with Gasteiger partial charge < -0.3 is 11.1 Å². The van der Waals surface area contributed by atoms with E-state index in [1.54, 1.807) is 17.4 Å². The Morgan fingerprint density at radius 1 is 1.42 bits per heavy atom. The molecule has 3 N–H and O–H groups in total. The molecular weight excluding hydrogens is 283 g/mol. The van der Waals surface area contributed by atoms with Crippen molar-refractivity contribution < 1.29 is 9.18 Å². The van der Waals surface area contributed by atoms with Gasteiger partial charge in [-0.1, -0.05) is 6.07 Å². The number of nitrogen functional groups attached to an aromatic ring is 1. The molecule has 6 heteroatoms. The lowest BCUT2D eigenvalue weighted by molar-refractivity contribution is -0.118. The predicted octanol–water partition coefficient (Wildman–Crippen LogP) is 2.88. The van der Waals surface area contributed by atoms with Gasteiger partial charge in [0.05, 0.1) is 18.0 Å². The fourth-order valence-electron chi connectivity index (χ4n) is 1.40. The van der Waals surface area contributed by atoms with Crippen molar-refractivity contribution in [1.82, 2.24) is 5.32 Å². The van der Waals surface area contributed by atoms with Crippen LogP contribution in [0.1, 0.15) is 4.88 Å². The number of nitrogens with one attached hydrogen (secondary N) is 1. The van der Waals surface area contributed by atoms with Crippen molar-refractivity contribution in [3.05, 3.63) is 46.4 Å². The van der Waals surface area contributed by atoms with Crippen molar-refractivity contribution in [1.29, 1.82) is 0 Å². The van der Waals surface area contributed by atoms with Gasteiger partial charge in [-0.3, -0.25) is 4.79 Å². The van der Waals surface area contributed by atoms with Gasteiger partial charge in [0.2, 0.25) is 5.91 Å². The lowest BCUT2D eigenvalue weighted by atomic mass is 10.3. The third-order valence-corrected chi connectivity index (χ3v) is 4.25. The van der Waals surface area contributed by atoms with E-state index in [2.05, 4.69) is 5.32 Å². The number of anilines is 1. The second kappa shape index (κ2) is 6.58. The Hall–Kier alpha value is -1.53. The maximum absolute atomic E-state index is 13.2. The number of thioether (sulfide) groups is 1. The maximum Gasteiger partial charge on any atom is 0.230 e. The topological polar surface area (TPSA) is 55.1 Å². The van der Waals surface area contributed by atoms with E-state index in [1.165, 1.54) is 23.9 Å². The minimum Gasteiger partial charge on any atom is -0.396 e. The largest absolute Gasteiger partial charge is 0.396 e. The molecule has 1 amide bonds. The molecule has 3 nitrogen and oxygen atoms in total. The van der Waals surface area contributed by atoms with E-state index in [-0.39, 0.29) is 17.3 Å². The molecule has 100 valence electrons. The molecule has 0 aliphatic heterocycles. The molecule has 2 aromatic rings. The average molecular weight is 296 g/mol. The summed E-state index contributed by atoms with van der Waals surface area (Å²) in [7, 11) is 0. The van der Waals surface area contributed by atoms with Crippen LogP contribution in [0.2, 0.25) is 0 Å². The van der Waals surface area contributed by atoms with Crippen molar-refractivity contribution >= 4 is 34.7 Å². The first-order chi connectivity index (χ1) is 9.15. The van der Waals surface area contributed by atoms with E-state index in [1.807, 2.05) is 17.5 Å². The normalized spacial score (nSPS) is 10.4. The quantitative estimate of drug-likeness (QED) is 0.659. The minimum atomic E-state index is -0.455. The smallest absolute Gasteiger partial charge is 0.230 e. The molecule has 1 aromatic heterocycles. The van der Waals surface area contributed by atoms with Gasteiger partial charge in [0.1, 0.15) is 5.82 Å². The average Bonchev–Trinajstić information content (AvgIpc) is 2.91. The van der Waals surface area contributed by atoms with Crippen molar-refractivity contribution in [2.24, 2.45) is 0 Å². The number of carbonyl (C=O) groups excluding carboxylic acids is 1. The van der Waals surface area contributed by atoms with Crippen LogP contribution in [-0.4, -0.2) is 11.7 Å². The highest BCUT2D eigenvalue weighted by Crippen LogP contribution is 2.21. The van der Waals surface area contributed by atoms with Crippen LogP contribution in [0.4, 0.5) is 10.1 Å². The highest BCUT2D eigenvalue weighted by Gasteiger charge is 2.05. The Labute approximate surface area is 119 Å². The summed E-state index contributed by atoms with van der Waals surface area (Å²) in [5.41, 5.74) is 5.50. The maximum atomic E-state index is 13.2. The zero-order chi connectivity index (χ0) is 13.7. The molecule has 1 aromatic carbocycles. The number of benzene rings is 1. The standard InChI is InChI=1S/C13H13FN2OS2/c14-11-6-9(3-4-12(11)15)19-8-13(17)16-7-10-2-1-5-18-10/h1-6H,7-8,15H2,(H,16,17). The number of halogens is 1. The van der Waals surface area contributed by atoms with Crippen LogP contribution in [0.3, 0.4) is 0 Å². The number of hydrogen-bond donors (Lipinski definition) is 2. The van der Waals surface area contributed by atoms with Gasteiger partial charge in [0.15, 0.2) is 0 Å². The molecule has 0 atom stereocenters. The van der Waals surface area contributed by atoms with Gasteiger partial charge in [-0.25, -0.2) is 4.39 Å². The molecule has 0 bridgehead atoms. The van der Waals surface area contributed by atoms with Crippen LogP contribution in [-0.2, 0) is 11.3 Å². The van der Waals surface area contributed by atoms with Crippen LogP contribution in [0, 0.1) is 5.82 Å². The third kappa shape index (κ3) is 4.25. The van der Waals surface area contributed by atoms with E-state index >= 15 is 0 Å². The molecule has 1 heterocycles. The van der Waals surface area contributed by atoms with Gasteiger partial charge in [-0.05, 0) is 29.6 Å². The van der Waals surface area contributed by atoms with Crippen LogP contribution in [0.15, 0.2) is 40.6 Å². The Balaban J connectivity index is 1.78. The molecule has 0 fully saturated rings. The van der Waals surface area contributed by atoms with E-state index in [9.17, 15) is 9.18 Å². The predicted molar refractivity (Wildman–Crippen MR) is 77.7 cm³/mol. The molecule has 0 saturated heterocycles. The molecular formula is C13H13FN2OS2. The van der Waals surface area contributed by atoms with Crippen molar-refractivity contribution in [3.63, 3.8) is 0 Å². The molecule has 19 heavy (non-hydrogen) atoms. The Morgan fingerprint density at radius 2 is 2.26 bits per heavy atom. The molecule has 0 aliphatic rings. The molecule has 0 spiro atoms. The molecule has 2 rings (SSSR count). The second-order valence-electron chi connectivity index (χ2n) is 3.83. The number of rotatable bonds is 5. The number of nitrogens with two attached hydrogens (primary N) is 1. The highest BCUT2D eigenvalue weighted by atomic mass is 32.2. The van der Waals surface area contributed by atoms with Gasteiger partial charge >= 0.3 is 0 Å². The molecule has 0 unspecified atom stereocenters. The van der Waals surface area contributed by atoms with E-state index < -0.39 is 5.82 Å². The molecule has 0 aliphatic carbocycles. The minimum absolute atomic E-state index is 0.0735. The van der Waals surface area contributed by atoms with E-state index in [4.69, 9.17) is 5.73 Å². The zero-order valence-electron chi connectivity index (χ0n) is 10.1. The van der Waals surface area contributed by atoms with Crippen LogP contribution in [0.5, 0.6) is 0 Å². The first-order valence-corrected chi connectivity index (χ1v) is 7.48. The van der Waals surface area contributed by atoms with Gasteiger partial charge in [0.25, 0.3) is 0 Å². The van der Waals surface area contributed by atoms with Gasteiger partial charge in [-0.2, -0.15) is 0 Å². The fraction of sp³-hybridized carbons (Fsp3) is 0.154. The Kier molecular flexibility index (Phi) is 4.81. The zero-order valence-corrected chi connectivity index (χ0v) is 11.7. The van der Waals surface area contributed by atoms with Crippen molar-refractivity contribution in [2.45, 2.75) is 11.4 Å². The third-order valence-electron chi connectivity index (χ3n) is 2.38. The molecule has 0 radical (unpaired) electrons.